The predicted octanol–water partition coefficient (Wildman–Crippen LogP) is 0.237. The Morgan fingerprint density at radius 2 is 2.26 bits per heavy atom. The van der Waals surface area contributed by atoms with Crippen LogP contribution in [0.3, 0.4) is 0 Å². The second kappa shape index (κ2) is 8.16. The first kappa shape index (κ1) is 15.1. The lowest BCUT2D eigenvalue weighted by Crippen LogP contribution is -2.14. The van der Waals surface area contributed by atoms with Gasteiger partial charge < -0.3 is 20.5 Å². The Hall–Kier alpha value is -2.00. The van der Waals surface area contributed by atoms with Crippen LogP contribution >= 0.6 is 0 Å². The molecule has 0 amide bonds. The number of nitro groups is 1. The minimum absolute atomic E-state index is 0.0573. The Labute approximate surface area is 110 Å². The maximum Gasteiger partial charge on any atom is 0.329 e. The maximum absolute atomic E-state index is 10.8. The summed E-state index contributed by atoms with van der Waals surface area (Å²) in [4.78, 5) is 18.1. The van der Waals surface area contributed by atoms with Crippen molar-refractivity contribution in [2.24, 2.45) is 0 Å². The molecule has 106 valence electrons. The Bertz CT molecular complexity index is 415. The van der Waals surface area contributed by atoms with Gasteiger partial charge in [-0.3, -0.25) is 10.1 Å². The van der Waals surface area contributed by atoms with Crippen molar-refractivity contribution >= 4 is 17.5 Å². The normalized spacial score (nSPS) is 10.2. The van der Waals surface area contributed by atoms with Gasteiger partial charge in [-0.2, -0.15) is 4.98 Å². The first-order chi connectivity index (χ1) is 9.19. The van der Waals surface area contributed by atoms with Gasteiger partial charge in [-0.1, -0.05) is 0 Å². The molecule has 1 aromatic rings. The second-order valence-electron chi connectivity index (χ2n) is 3.48. The van der Waals surface area contributed by atoms with Crippen molar-refractivity contribution in [2.45, 2.75) is 6.92 Å². The van der Waals surface area contributed by atoms with Crippen LogP contribution in [0, 0.1) is 10.1 Å². The smallest absolute Gasteiger partial charge is 0.329 e. The standard InChI is InChI=1S/C10H17N5O4/c1-2-11-10-13-7-8(15(17)18)9(14-10)12-3-5-19-6-4-16/h7,16H,2-6H2,1H3,(H2,11,12,13,14). The summed E-state index contributed by atoms with van der Waals surface area (Å²) in [5.41, 5.74) is -0.191. The zero-order chi connectivity index (χ0) is 14.1. The number of rotatable bonds is 9. The van der Waals surface area contributed by atoms with Gasteiger partial charge in [0.2, 0.25) is 11.8 Å². The van der Waals surface area contributed by atoms with Gasteiger partial charge in [-0.05, 0) is 6.92 Å². The van der Waals surface area contributed by atoms with Crippen LogP contribution in [0.5, 0.6) is 0 Å². The first-order valence-electron chi connectivity index (χ1n) is 5.86. The van der Waals surface area contributed by atoms with Crippen molar-refractivity contribution in [3.63, 3.8) is 0 Å². The third-order valence-electron chi connectivity index (χ3n) is 2.08. The number of ether oxygens (including phenoxy) is 1. The number of aromatic nitrogens is 2. The topological polar surface area (TPSA) is 122 Å². The van der Waals surface area contributed by atoms with E-state index in [1.54, 1.807) is 0 Å². The van der Waals surface area contributed by atoms with Crippen molar-refractivity contribution in [2.75, 3.05) is 43.5 Å². The molecule has 0 radical (unpaired) electrons. The number of hydrogen-bond acceptors (Lipinski definition) is 8. The van der Waals surface area contributed by atoms with E-state index >= 15 is 0 Å². The summed E-state index contributed by atoms with van der Waals surface area (Å²) in [7, 11) is 0. The molecule has 9 heteroatoms. The van der Waals surface area contributed by atoms with Crippen molar-refractivity contribution in [3.05, 3.63) is 16.3 Å². The summed E-state index contributed by atoms with van der Waals surface area (Å²) in [5.74, 6) is 0.468. The highest BCUT2D eigenvalue weighted by Crippen LogP contribution is 2.21. The fraction of sp³-hybridized carbons (Fsp3) is 0.600. The number of nitrogens with one attached hydrogen (secondary N) is 2. The van der Waals surface area contributed by atoms with Crippen LogP contribution in [-0.4, -0.2) is 52.9 Å². The average molecular weight is 271 g/mol. The third-order valence-corrected chi connectivity index (χ3v) is 2.08. The molecule has 0 bridgehead atoms. The Morgan fingerprint density at radius 3 is 2.89 bits per heavy atom. The van der Waals surface area contributed by atoms with E-state index in [1.807, 2.05) is 6.92 Å². The molecule has 0 aliphatic heterocycles. The molecular weight excluding hydrogens is 254 g/mol. The molecule has 1 heterocycles. The molecule has 0 aliphatic carbocycles. The zero-order valence-corrected chi connectivity index (χ0v) is 10.6. The van der Waals surface area contributed by atoms with Gasteiger partial charge in [0.15, 0.2) is 0 Å². The predicted molar refractivity (Wildman–Crippen MR) is 69.2 cm³/mol. The van der Waals surface area contributed by atoms with Crippen molar-refractivity contribution < 1.29 is 14.8 Å². The van der Waals surface area contributed by atoms with Crippen LogP contribution in [0.1, 0.15) is 6.92 Å². The van der Waals surface area contributed by atoms with Gasteiger partial charge in [0.05, 0.1) is 24.7 Å². The van der Waals surface area contributed by atoms with Gasteiger partial charge >= 0.3 is 5.69 Å². The fourth-order valence-corrected chi connectivity index (χ4v) is 1.29. The number of aliphatic hydroxyl groups excluding tert-OH is 1. The molecule has 19 heavy (non-hydrogen) atoms. The van der Waals surface area contributed by atoms with Gasteiger partial charge in [-0.25, -0.2) is 4.98 Å². The van der Waals surface area contributed by atoms with Crippen molar-refractivity contribution in [3.8, 4) is 0 Å². The highest BCUT2D eigenvalue weighted by Gasteiger charge is 2.16. The van der Waals surface area contributed by atoms with E-state index < -0.39 is 4.92 Å². The van der Waals surface area contributed by atoms with Gasteiger partial charge in [0.25, 0.3) is 0 Å². The van der Waals surface area contributed by atoms with E-state index in [0.29, 0.717) is 25.6 Å². The Morgan fingerprint density at radius 1 is 1.47 bits per heavy atom. The number of hydrogen-bond donors (Lipinski definition) is 3. The number of aliphatic hydroxyl groups is 1. The fourth-order valence-electron chi connectivity index (χ4n) is 1.29. The third kappa shape index (κ3) is 5.02. The summed E-state index contributed by atoms with van der Waals surface area (Å²) in [6, 6.07) is 0. The molecule has 0 spiro atoms. The second-order valence-corrected chi connectivity index (χ2v) is 3.48. The van der Waals surface area contributed by atoms with Crippen LogP contribution in [0.25, 0.3) is 0 Å². The average Bonchev–Trinajstić information content (AvgIpc) is 2.39. The van der Waals surface area contributed by atoms with E-state index in [1.165, 1.54) is 0 Å². The van der Waals surface area contributed by atoms with Crippen molar-refractivity contribution in [1.29, 1.82) is 0 Å². The molecule has 0 atom stereocenters. The van der Waals surface area contributed by atoms with E-state index in [0.717, 1.165) is 6.20 Å². The molecule has 3 N–H and O–H groups in total. The molecule has 0 fully saturated rings. The minimum Gasteiger partial charge on any atom is -0.394 e. The van der Waals surface area contributed by atoms with Crippen molar-refractivity contribution in [1.82, 2.24) is 9.97 Å². The molecule has 0 unspecified atom stereocenters. The summed E-state index contributed by atoms with van der Waals surface area (Å²) in [6.07, 6.45) is 1.15. The first-order valence-corrected chi connectivity index (χ1v) is 5.86. The molecule has 0 saturated heterocycles. The lowest BCUT2D eigenvalue weighted by atomic mass is 10.4. The molecule has 0 aliphatic rings. The Balaban J connectivity index is 2.66. The van der Waals surface area contributed by atoms with E-state index in [2.05, 4.69) is 20.6 Å². The molecule has 9 nitrogen and oxygen atoms in total. The lowest BCUT2D eigenvalue weighted by molar-refractivity contribution is -0.384. The van der Waals surface area contributed by atoms with Crippen LogP contribution in [0.15, 0.2) is 6.20 Å². The molecular formula is C10H17N5O4. The van der Waals surface area contributed by atoms with Crippen LogP contribution in [0.2, 0.25) is 0 Å². The largest absolute Gasteiger partial charge is 0.394 e. The summed E-state index contributed by atoms with van der Waals surface area (Å²) < 4.78 is 5.04. The highest BCUT2D eigenvalue weighted by atomic mass is 16.6. The molecule has 1 aromatic heterocycles. The van der Waals surface area contributed by atoms with E-state index in [4.69, 9.17) is 9.84 Å². The molecule has 1 rings (SSSR count). The lowest BCUT2D eigenvalue weighted by Gasteiger charge is -2.08. The molecule has 0 saturated carbocycles. The van der Waals surface area contributed by atoms with Gasteiger partial charge in [-0.15, -0.1) is 0 Å². The number of anilines is 2. The highest BCUT2D eigenvalue weighted by molar-refractivity contribution is 5.56. The quantitative estimate of drug-likeness (QED) is 0.331. The number of nitrogens with zero attached hydrogens (tertiary/aromatic N) is 3. The maximum atomic E-state index is 10.8. The summed E-state index contributed by atoms with van der Waals surface area (Å²) in [6.45, 7) is 3.34. The van der Waals surface area contributed by atoms with Crippen LogP contribution in [0.4, 0.5) is 17.5 Å². The SMILES string of the molecule is CCNc1ncc([N+](=O)[O-])c(NCCOCCO)n1. The monoisotopic (exact) mass is 271 g/mol. The van der Waals surface area contributed by atoms with Crippen LogP contribution in [-0.2, 0) is 4.74 Å². The zero-order valence-electron chi connectivity index (χ0n) is 10.6. The minimum atomic E-state index is -0.549. The molecule has 0 aromatic carbocycles. The van der Waals surface area contributed by atoms with E-state index in [-0.39, 0.29) is 24.7 Å². The Kier molecular flexibility index (Phi) is 6.47. The summed E-state index contributed by atoms with van der Waals surface area (Å²) in [5, 5.41) is 25.0. The van der Waals surface area contributed by atoms with Gasteiger partial charge in [0, 0.05) is 13.1 Å². The van der Waals surface area contributed by atoms with Crippen LogP contribution < -0.4 is 10.6 Å². The summed E-state index contributed by atoms with van der Waals surface area (Å²) >= 11 is 0. The van der Waals surface area contributed by atoms with Gasteiger partial charge in [0.1, 0.15) is 6.20 Å². The van der Waals surface area contributed by atoms with E-state index in [9.17, 15) is 10.1 Å².